The van der Waals surface area contributed by atoms with E-state index >= 15 is 0 Å². The predicted molar refractivity (Wildman–Crippen MR) is 95.0 cm³/mol. The van der Waals surface area contributed by atoms with Crippen molar-refractivity contribution in [2.24, 2.45) is 11.3 Å². The van der Waals surface area contributed by atoms with Gasteiger partial charge in [0.25, 0.3) is 0 Å². The van der Waals surface area contributed by atoms with E-state index in [1.807, 2.05) is 30.3 Å². The molecule has 2 aromatic rings. The summed E-state index contributed by atoms with van der Waals surface area (Å²) in [6, 6.07) is 18.5. The van der Waals surface area contributed by atoms with Crippen LogP contribution < -0.4 is 4.90 Å². The zero-order chi connectivity index (χ0) is 17.0. The van der Waals surface area contributed by atoms with E-state index in [0.717, 1.165) is 37.4 Å². The topological polar surface area (TPSA) is 49.8 Å². The van der Waals surface area contributed by atoms with E-state index in [4.69, 9.17) is 4.74 Å². The maximum absolute atomic E-state index is 11.7. The van der Waals surface area contributed by atoms with Gasteiger partial charge in [0.05, 0.1) is 24.5 Å². The van der Waals surface area contributed by atoms with Gasteiger partial charge in [-0.25, -0.2) is 0 Å². The molecule has 2 aromatic carbocycles. The molecule has 1 saturated carbocycles. The van der Waals surface area contributed by atoms with Gasteiger partial charge in [0.1, 0.15) is 0 Å². The summed E-state index contributed by atoms with van der Waals surface area (Å²) < 4.78 is 5.33. The van der Waals surface area contributed by atoms with Gasteiger partial charge >= 0.3 is 5.97 Å². The van der Waals surface area contributed by atoms with Gasteiger partial charge in [0, 0.05) is 30.6 Å². The third-order valence-electron chi connectivity index (χ3n) is 6.00. The number of carbonyl (C=O) groups is 1. The molecule has 2 saturated heterocycles. The Morgan fingerprint density at radius 1 is 0.960 bits per heavy atom. The van der Waals surface area contributed by atoms with Crippen molar-refractivity contribution in [3.05, 3.63) is 65.7 Å². The molecular weight excluding hydrogens is 314 g/mol. The normalized spacial score (nSPS) is 29.0. The zero-order valence-corrected chi connectivity index (χ0v) is 14.0. The van der Waals surface area contributed by atoms with Crippen LogP contribution >= 0.6 is 0 Å². The van der Waals surface area contributed by atoms with E-state index in [0.29, 0.717) is 5.41 Å². The minimum atomic E-state index is -0.697. The lowest BCUT2D eigenvalue weighted by Gasteiger charge is -2.56. The summed E-state index contributed by atoms with van der Waals surface area (Å²) in [4.78, 5) is 14.0. The number of hydrogen-bond donors (Lipinski definition) is 1. The van der Waals surface area contributed by atoms with Crippen molar-refractivity contribution in [2.45, 2.75) is 11.8 Å². The molecule has 1 aliphatic carbocycles. The molecule has 2 aliphatic heterocycles. The van der Waals surface area contributed by atoms with Crippen molar-refractivity contribution in [1.82, 2.24) is 0 Å². The Hall–Kier alpha value is -2.33. The molecule has 4 heteroatoms. The van der Waals surface area contributed by atoms with Gasteiger partial charge in [-0.05, 0) is 23.3 Å². The Kier molecular flexibility index (Phi) is 3.19. The molecule has 2 heterocycles. The summed E-state index contributed by atoms with van der Waals surface area (Å²) in [5.41, 5.74) is 3.89. The minimum absolute atomic E-state index is 0.0803. The summed E-state index contributed by atoms with van der Waals surface area (Å²) in [5, 5.41) is 9.58. The van der Waals surface area contributed by atoms with E-state index in [2.05, 4.69) is 29.2 Å². The van der Waals surface area contributed by atoms with Gasteiger partial charge in [-0.3, -0.25) is 4.79 Å². The van der Waals surface area contributed by atoms with Crippen molar-refractivity contribution in [2.75, 3.05) is 31.2 Å². The van der Waals surface area contributed by atoms with Crippen molar-refractivity contribution in [1.29, 1.82) is 0 Å². The van der Waals surface area contributed by atoms with Crippen LogP contribution in [0.2, 0.25) is 0 Å². The van der Waals surface area contributed by atoms with Crippen LogP contribution in [0.5, 0.6) is 0 Å². The molecule has 3 aliphatic rings. The second kappa shape index (κ2) is 5.33. The number of carboxylic acid groups (broad SMARTS) is 1. The molecule has 0 unspecified atom stereocenters. The number of aliphatic carboxylic acids is 1. The Balaban J connectivity index is 1.33. The van der Waals surface area contributed by atoms with Crippen LogP contribution in [0.3, 0.4) is 0 Å². The van der Waals surface area contributed by atoms with Gasteiger partial charge in [0.15, 0.2) is 0 Å². The van der Waals surface area contributed by atoms with E-state index < -0.39 is 5.97 Å². The van der Waals surface area contributed by atoms with Crippen LogP contribution in [0.1, 0.15) is 23.0 Å². The lowest BCUT2D eigenvalue weighted by atomic mass is 9.78. The number of benzene rings is 2. The first-order chi connectivity index (χ1) is 12.2. The molecule has 25 heavy (non-hydrogen) atoms. The predicted octanol–water partition coefficient (Wildman–Crippen LogP) is 3.11. The van der Waals surface area contributed by atoms with Crippen molar-refractivity contribution in [3.8, 4) is 0 Å². The summed E-state index contributed by atoms with van der Waals surface area (Å²) in [6.07, 6.45) is 0. The summed E-state index contributed by atoms with van der Waals surface area (Å²) >= 11 is 0. The number of carboxylic acids is 1. The highest BCUT2D eigenvalue weighted by molar-refractivity contribution is 5.78. The molecular formula is C21H21NO3. The quantitative estimate of drug-likeness (QED) is 0.933. The third-order valence-corrected chi connectivity index (χ3v) is 6.00. The molecule has 0 bridgehead atoms. The monoisotopic (exact) mass is 335 g/mol. The zero-order valence-electron chi connectivity index (χ0n) is 14.0. The average molecular weight is 335 g/mol. The minimum Gasteiger partial charge on any atom is -0.481 e. The Morgan fingerprint density at radius 2 is 1.56 bits per heavy atom. The molecule has 1 spiro atoms. The summed E-state index contributed by atoms with van der Waals surface area (Å²) in [7, 11) is 0. The SMILES string of the molecule is O=C(O)[C@@H]1[C@H](c2ccccc2)[C@H]1c1ccc(N2CC3(COC3)C2)cc1. The maximum atomic E-state index is 11.7. The second-order valence-electron chi connectivity index (χ2n) is 7.77. The van der Waals surface area contributed by atoms with Crippen LogP contribution in [-0.4, -0.2) is 37.4 Å². The van der Waals surface area contributed by atoms with E-state index in [1.165, 1.54) is 5.69 Å². The van der Waals surface area contributed by atoms with Crippen molar-refractivity contribution < 1.29 is 14.6 Å². The highest BCUT2D eigenvalue weighted by Crippen LogP contribution is 2.60. The molecule has 128 valence electrons. The Morgan fingerprint density at radius 3 is 2.08 bits per heavy atom. The first-order valence-electron chi connectivity index (χ1n) is 8.87. The first-order valence-corrected chi connectivity index (χ1v) is 8.87. The van der Waals surface area contributed by atoms with Crippen molar-refractivity contribution in [3.63, 3.8) is 0 Å². The van der Waals surface area contributed by atoms with E-state index in [9.17, 15) is 9.90 Å². The smallest absolute Gasteiger partial charge is 0.307 e. The standard InChI is InChI=1S/C21H21NO3/c23-20(24)19-17(14-4-2-1-3-5-14)18(19)15-6-8-16(9-7-15)22-10-21(11-22)12-25-13-21/h1-9,17-19H,10-13H2,(H,23,24)/t17-,18-,19-/m1/s1. The fourth-order valence-electron chi connectivity index (χ4n) is 4.55. The van der Waals surface area contributed by atoms with Crippen LogP contribution in [-0.2, 0) is 9.53 Å². The van der Waals surface area contributed by atoms with Gasteiger partial charge in [-0.1, -0.05) is 42.5 Å². The lowest BCUT2D eigenvalue weighted by Crippen LogP contribution is -2.66. The molecule has 0 radical (unpaired) electrons. The number of hydrogen-bond acceptors (Lipinski definition) is 3. The molecule has 0 amide bonds. The highest BCUT2D eigenvalue weighted by atomic mass is 16.5. The molecule has 4 nitrogen and oxygen atoms in total. The number of ether oxygens (including phenoxy) is 1. The third kappa shape index (κ3) is 2.35. The molecule has 1 N–H and O–H groups in total. The lowest BCUT2D eigenvalue weighted by molar-refractivity contribution is -0.138. The largest absolute Gasteiger partial charge is 0.481 e. The van der Waals surface area contributed by atoms with E-state index in [1.54, 1.807) is 0 Å². The summed E-state index contributed by atoms with van der Waals surface area (Å²) in [5.74, 6) is -0.842. The molecule has 3 atom stereocenters. The van der Waals surface area contributed by atoms with Gasteiger partial charge in [-0.2, -0.15) is 0 Å². The molecule has 5 rings (SSSR count). The highest BCUT2D eigenvalue weighted by Gasteiger charge is 2.56. The van der Waals surface area contributed by atoms with Crippen LogP contribution in [0.4, 0.5) is 5.69 Å². The Bertz CT molecular complexity index is 790. The second-order valence-corrected chi connectivity index (χ2v) is 7.77. The Labute approximate surface area is 147 Å². The molecule has 3 fully saturated rings. The van der Waals surface area contributed by atoms with Crippen LogP contribution in [0.25, 0.3) is 0 Å². The fourth-order valence-corrected chi connectivity index (χ4v) is 4.55. The van der Waals surface area contributed by atoms with Crippen molar-refractivity contribution >= 4 is 11.7 Å². The summed E-state index contributed by atoms with van der Waals surface area (Å²) in [6.45, 7) is 3.92. The average Bonchev–Trinajstić information content (AvgIpc) is 3.30. The first kappa shape index (κ1) is 15.0. The molecule has 0 aromatic heterocycles. The van der Waals surface area contributed by atoms with Gasteiger partial charge < -0.3 is 14.7 Å². The van der Waals surface area contributed by atoms with Crippen LogP contribution in [0, 0.1) is 11.3 Å². The van der Waals surface area contributed by atoms with E-state index in [-0.39, 0.29) is 17.8 Å². The van der Waals surface area contributed by atoms with Crippen LogP contribution in [0.15, 0.2) is 54.6 Å². The number of rotatable bonds is 4. The number of anilines is 1. The van der Waals surface area contributed by atoms with Gasteiger partial charge in [0.2, 0.25) is 0 Å². The fraction of sp³-hybridized carbons (Fsp3) is 0.381. The maximum Gasteiger partial charge on any atom is 0.307 e. The van der Waals surface area contributed by atoms with Gasteiger partial charge in [-0.15, -0.1) is 0 Å². The number of nitrogens with zero attached hydrogens (tertiary/aromatic N) is 1.